The van der Waals surface area contributed by atoms with Crippen molar-refractivity contribution in [1.82, 2.24) is 5.32 Å². The molecule has 2 aromatic rings. The average molecular weight is 271 g/mol. The highest BCUT2D eigenvalue weighted by atomic mass is 16.5. The summed E-state index contributed by atoms with van der Waals surface area (Å²) >= 11 is 0. The Bertz CT molecular complexity index is 576. The zero-order valence-corrected chi connectivity index (χ0v) is 11.5. The molecule has 0 heterocycles. The highest BCUT2D eigenvalue weighted by Gasteiger charge is 2.18. The summed E-state index contributed by atoms with van der Waals surface area (Å²) in [5.74, 6) is -0.0730. The van der Waals surface area contributed by atoms with Gasteiger partial charge >= 0.3 is 5.97 Å². The van der Waals surface area contributed by atoms with Crippen molar-refractivity contribution in [2.45, 2.75) is 6.04 Å². The van der Waals surface area contributed by atoms with Gasteiger partial charge in [0.25, 0.3) is 0 Å². The molecule has 0 aliphatic rings. The number of carbonyl (C=O) groups is 1. The summed E-state index contributed by atoms with van der Waals surface area (Å²) in [5.41, 5.74) is 2.88. The second kappa shape index (κ2) is 6.21. The van der Waals surface area contributed by atoms with Crippen molar-refractivity contribution in [2.24, 2.45) is 0 Å². The summed E-state index contributed by atoms with van der Waals surface area (Å²) in [6.07, 6.45) is 0. The fraction of sp³-hybridized carbons (Fsp3) is 0.188. The fourth-order valence-corrected chi connectivity index (χ4v) is 2.06. The molecule has 0 amide bonds. The zero-order valence-electron chi connectivity index (χ0n) is 11.5. The third-order valence-electron chi connectivity index (χ3n) is 3.17. The molecule has 4 heteroatoms. The van der Waals surface area contributed by atoms with Crippen molar-refractivity contribution < 1.29 is 14.6 Å². The number of ether oxygens (including phenoxy) is 1. The molecule has 0 radical (unpaired) electrons. The van der Waals surface area contributed by atoms with Gasteiger partial charge in [0.1, 0.15) is 11.8 Å². The van der Waals surface area contributed by atoms with Crippen LogP contribution in [0, 0.1) is 0 Å². The van der Waals surface area contributed by atoms with E-state index in [2.05, 4.69) is 5.32 Å². The van der Waals surface area contributed by atoms with Gasteiger partial charge < -0.3 is 15.2 Å². The summed E-state index contributed by atoms with van der Waals surface area (Å²) in [4.78, 5) is 11.6. The van der Waals surface area contributed by atoms with E-state index in [9.17, 15) is 9.90 Å². The number of esters is 1. The Kier molecular flexibility index (Phi) is 4.38. The molecule has 104 valence electrons. The first kappa shape index (κ1) is 14.1. The van der Waals surface area contributed by atoms with E-state index in [0.29, 0.717) is 0 Å². The minimum atomic E-state index is -0.464. The van der Waals surface area contributed by atoms with E-state index in [4.69, 9.17) is 4.74 Å². The van der Waals surface area contributed by atoms with E-state index in [0.717, 1.165) is 16.7 Å². The maximum atomic E-state index is 11.6. The monoisotopic (exact) mass is 271 g/mol. The summed E-state index contributed by atoms with van der Waals surface area (Å²) in [6, 6.07) is 14.2. The molecule has 0 aliphatic carbocycles. The lowest BCUT2D eigenvalue weighted by molar-refractivity contribution is -0.143. The SMILES string of the molecule is CNC(C(=O)OC)c1ccc(-c2ccc(O)cc2)cc1. The number of methoxy groups -OCH3 is 1. The molecule has 0 fully saturated rings. The van der Waals surface area contributed by atoms with Gasteiger partial charge in [-0.1, -0.05) is 36.4 Å². The number of rotatable bonds is 4. The van der Waals surface area contributed by atoms with Gasteiger partial charge in [-0.3, -0.25) is 0 Å². The Morgan fingerprint density at radius 1 is 1.05 bits per heavy atom. The molecule has 0 spiro atoms. The van der Waals surface area contributed by atoms with E-state index in [1.54, 1.807) is 19.2 Å². The maximum Gasteiger partial charge on any atom is 0.327 e. The number of hydrogen-bond acceptors (Lipinski definition) is 4. The minimum absolute atomic E-state index is 0.242. The standard InChI is InChI=1S/C16H17NO3/c1-17-15(16(19)20-2)13-5-3-11(4-6-13)12-7-9-14(18)10-8-12/h3-10,15,17-18H,1-2H3. The van der Waals surface area contributed by atoms with Crippen LogP contribution in [0.5, 0.6) is 5.75 Å². The third kappa shape index (κ3) is 2.97. The predicted octanol–water partition coefficient (Wildman–Crippen LogP) is 2.49. The number of nitrogens with one attached hydrogen (secondary N) is 1. The minimum Gasteiger partial charge on any atom is -0.508 e. The lowest BCUT2D eigenvalue weighted by atomic mass is 10.0. The van der Waals surface area contributed by atoms with Crippen LogP contribution < -0.4 is 5.32 Å². The summed E-state index contributed by atoms with van der Waals surface area (Å²) in [6.45, 7) is 0. The van der Waals surface area contributed by atoms with Crippen molar-refractivity contribution in [3.63, 3.8) is 0 Å². The molecule has 0 aromatic heterocycles. The molecule has 2 rings (SSSR count). The lowest BCUT2D eigenvalue weighted by Crippen LogP contribution is -2.26. The second-order valence-electron chi connectivity index (χ2n) is 4.41. The van der Waals surface area contributed by atoms with Gasteiger partial charge in [-0.15, -0.1) is 0 Å². The molecule has 4 nitrogen and oxygen atoms in total. The van der Waals surface area contributed by atoms with Crippen LogP contribution in [0.25, 0.3) is 11.1 Å². The summed E-state index contributed by atoms with van der Waals surface area (Å²) in [5, 5.41) is 12.2. The van der Waals surface area contributed by atoms with Crippen molar-refractivity contribution in [1.29, 1.82) is 0 Å². The molecule has 1 atom stereocenters. The van der Waals surface area contributed by atoms with E-state index in [1.165, 1.54) is 7.11 Å². The second-order valence-corrected chi connectivity index (χ2v) is 4.41. The van der Waals surface area contributed by atoms with E-state index in [-0.39, 0.29) is 11.7 Å². The fourth-order valence-electron chi connectivity index (χ4n) is 2.06. The number of phenols is 1. The molecular weight excluding hydrogens is 254 g/mol. The average Bonchev–Trinajstić information content (AvgIpc) is 2.49. The van der Waals surface area contributed by atoms with Crippen LogP contribution in [0.15, 0.2) is 48.5 Å². The van der Waals surface area contributed by atoms with Crippen LogP contribution in [0.4, 0.5) is 0 Å². The van der Waals surface area contributed by atoms with Gasteiger partial charge in [-0.05, 0) is 35.9 Å². The Morgan fingerprint density at radius 2 is 1.55 bits per heavy atom. The van der Waals surface area contributed by atoms with Crippen molar-refractivity contribution in [3.8, 4) is 16.9 Å². The zero-order chi connectivity index (χ0) is 14.5. The predicted molar refractivity (Wildman–Crippen MR) is 77.4 cm³/mol. The molecule has 20 heavy (non-hydrogen) atoms. The number of likely N-dealkylation sites (N-methyl/N-ethyl adjacent to an activating group) is 1. The summed E-state index contributed by atoms with van der Waals surface area (Å²) in [7, 11) is 3.09. The first-order chi connectivity index (χ1) is 9.65. The summed E-state index contributed by atoms with van der Waals surface area (Å²) < 4.78 is 4.76. The number of aromatic hydroxyl groups is 1. The van der Waals surface area contributed by atoms with Gasteiger partial charge in [-0.2, -0.15) is 0 Å². The van der Waals surface area contributed by atoms with Gasteiger partial charge in [0, 0.05) is 0 Å². The Morgan fingerprint density at radius 3 is 2.00 bits per heavy atom. The largest absolute Gasteiger partial charge is 0.508 e. The quantitative estimate of drug-likeness (QED) is 0.839. The topological polar surface area (TPSA) is 58.6 Å². The van der Waals surface area contributed by atoms with E-state index >= 15 is 0 Å². The number of carbonyl (C=O) groups excluding carboxylic acids is 1. The van der Waals surface area contributed by atoms with Crippen LogP contribution in [0.3, 0.4) is 0 Å². The molecule has 0 saturated carbocycles. The van der Waals surface area contributed by atoms with Crippen molar-refractivity contribution in [2.75, 3.05) is 14.2 Å². The van der Waals surface area contributed by atoms with Crippen LogP contribution in [0.2, 0.25) is 0 Å². The molecule has 2 N–H and O–H groups in total. The molecule has 2 aromatic carbocycles. The highest BCUT2D eigenvalue weighted by Crippen LogP contribution is 2.24. The normalized spacial score (nSPS) is 11.9. The first-order valence-corrected chi connectivity index (χ1v) is 6.30. The third-order valence-corrected chi connectivity index (χ3v) is 3.17. The molecule has 0 bridgehead atoms. The van der Waals surface area contributed by atoms with Gasteiger partial charge in [-0.25, -0.2) is 4.79 Å². The van der Waals surface area contributed by atoms with E-state index in [1.807, 2.05) is 36.4 Å². The Hall–Kier alpha value is -2.33. The van der Waals surface area contributed by atoms with Crippen LogP contribution >= 0.6 is 0 Å². The number of benzene rings is 2. The number of hydrogen-bond donors (Lipinski definition) is 2. The maximum absolute atomic E-state index is 11.6. The molecule has 1 unspecified atom stereocenters. The molecule has 0 saturated heterocycles. The van der Waals surface area contributed by atoms with E-state index < -0.39 is 6.04 Å². The van der Waals surface area contributed by atoms with Crippen LogP contribution in [-0.2, 0) is 9.53 Å². The number of phenolic OH excluding ortho intramolecular Hbond substituents is 1. The first-order valence-electron chi connectivity index (χ1n) is 6.30. The van der Waals surface area contributed by atoms with Crippen LogP contribution in [0.1, 0.15) is 11.6 Å². The smallest absolute Gasteiger partial charge is 0.327 e. The highest BCUT2D eigenvalue weighted by molar-refractivity contribution is 5.78. The van der Waals surface area contributed by atoms with Crippen LogP contribution in [-0.4, -0.2) is 25.2 Å². The Labute approximate surface area is 118 Å². The van der Waals surface area contributed by atoms with Gasteiger partial charge in [0.15, 0.2) is 0 Å². The molecule has 0 aliphatic heterocycles. The lowest BCUT2D eigenvalue weighted by Gasteiger charge is -2.14. The van der Waals surface area contributed by atoms with Gasteiger partial charge in [0.2, 0.25) is 0 Å². The van der Waals surface area contributed by atoms with Crippen molar-refractivity contribution in [3.05, 3.63) is 54.1 Å². The van der Waals surface area contributed by atoms with Gasteiger partial charge in [0.05, 0.1) is 7.11 Å². The Balaban J connectivity index is 2.25. The molecular formula is C16H17NO3. The van der Waals surface area contributed by atoms with Crippen molar-refractivity contribution >= 4 is 5.97 Å².